The Balaban J connectivity index is 1.52. The van der Waals surface area contributed by atoms with Crippen LogP contribution in [0.3, 0.4) is 0 Å². The van der Waals surface area contributed by atoms with Crippen LogP contribution >= 0.6 is 0 Å². The monoisotopic (exact) mass is 452 g/mol. The molecule has 0 atom stereocenters. The fourth-order valence-corrected chi connectivity index (χ4v) is 4.17. The van der Waals surface area contributed by atoms with Gasteiger partial charge in [0.1, 0.15) is 0 Å². The molecular formula is C33H28N2. The molecule has 0 saturated heterocycles. The molecule has 0 aliphatic heterocycles. The van der Waals surface area contributed by atoms with E-state index in [0.717, 1.165) is 28.5 Å². The number of aryl methyl sites for hydroxylation is 2. The lowest BCUT2D eigenvalue weighted by atomic mass is 10.0. The summed E-state index contributed by atoms with van der Waals surface area (Å²) in [5.41, 5.74) is 16.9. The molecule has 1 aliphatic carbocycles. The number of likely N-dealkylation sites (N-methyl/N-ethyl adjacent to an activating group) is 1. The summed E-state index contributed by atoms with van der Waals surface area (Å²) in [6.45, 7) is 4.22. The molecule has 0 amide bonds. The molecule has 0 unspecified atom stereocenters. The summed E-state index contributed by atoms with van der Waals surface area (Å²) in [5.74, 6) is 0. The smallest absolute Gasteiger partial charge is 0.0975 e. The van der Waals surface area contributed by atoms with E-state index in [-0.39, 0.29) is 0 Å². The zero-order valence-electron chi connectivity index (χ0n) is 20.4. The van der Waals surface area contributed by atoms with Gasteiger partial charge in [-0.1, -0.05) is 77.9 Å². The minimum Gasteiger partial charge on any atom is -0.338 e. The second-order valence-electron chi connectivity index (χ2n) is 8.84. The van der Waals surface area contributed by atoms with Crippen molar-refractivity contribution in [1.29, 1.82) is 0 Å². The minimum absolute atomic E-state index is 0.952. The highest BCUT2D eigenvalue weighted by molar-refractivity contribution is 5.72. The maximum absolute atomic E-state index is 3.42. The molecule has 0 aromatic heterocycles. The van der Waals surface area contributed by atoms with Gasteiger partial charge in [0.05, 0.1) is 11.4 Å². The summed E-state index contributed by atoms with van der Waals surface area (Å²) in [7, 11) is 2.07. The Morgan fingerprint density at radius 3 is 1.63 bits per heavy atom. The van der Waals surface area contributed by atoms with E-state index >= 15 is 0 Å². The molecule has 5 rings (SSSR count). The van der Waals surface area contributed by atoms with E-state index in [1.165, 1.54) is 22.3 Å². The Labute approximate surface area is 208 Å². The van der Waals surface area contributed by atoms with Crippen LogP contribution in [0, 0.1) is 13.8 Å². The number of nitrogens with zero attached hydrogens (tertiary/aromatic N) is 2. The van der Waals surface area contributed by atoms with E-state index in [4.69, 9.17) is 0 Å². The lowest BCUT2D eigenvalue weighted by Gasteiger charge is -2.26. The average molecular weight is 453 g/mol. The molecule has 2 heteroatoms. The van der Waals surface area contributed by atoms with Crippen molar-refractivity contribution in [2.45, 2.75) is 13.8 Å². The molecule has 1 aliphatic rings. The summed E-state index contributed by atoms with van der Waals surface area (Å²) in [6, 6.07) is 36.2. The Bertz CT molecular complexity index is 1420. The van der Waals surface area contributed by atoms with Crippen LogP contribution < -0.4 is 9.80 Å². The molecule has 0 spiro atoms. The largest absolute Gasteiger partial charge is 0.338 e. The second kappa shape index (κ2) is 9.79. The third kappa shape index (κ3) is 4.90. The Hall–Kier alpha value is -4.48. The van der Waals surface area contributed by atoms with Crippen molar-refractivity contribution in [3.05, 3.63) is 149 Å². The lowest BCUT2D eigenvalue weighted by molar-refractivity contribution is 1.13. The molecule has 0 N–H and O–H groups in total. The van der Waals surface area contributed by atoms with Crippen LogP contribution in [0.4, 0.5) is 17.1 Å². The number of allylic oxidation sites excluding steroid dienone is 2. The first-order chi connectivity index (χ1) is 17.1. The third-order valence-electron chi connectivity index (χ3n) is 6.24. The Morgan fingerprint density at radius 1 is 0.514 bits per heavy atom. The molecule has 0 fully saturated rings. The predicted octanol–water partition coefficient (Wildman–Crippen LogP) is 8.34. The standard InChI is InChI=1S/C33H28N2/c1-25-12-16-30(17-13-25)35(31-18-14-26(2)15-19-31)32-22-20-29(21-23-32)34(3)33-11-7-10-28(24-33)27-8-5-4-6-9-27/h4-20,22,24H,1-3H3. The van der Waals surface area contributed by atoms with Crippen molar-refractivity contribution >= 4 is 17.1 Å². The zero-order chi connectivity index (χ0) is 24.2. The fourth-order valence-electron chi connectivity index (χ4n) is 4.17. The highest BCUT2D eigenvalue weighted by Gasteiger charge is 2.15. The van der Waals surface area contributed by atoms with Gasteiger partial charge in [-0.15, -0.1) is 0 Å². The fraction of sp³-hybridized carbons (Fsp3) is 0.0909. The molecule has 35 heavy (non-hydrogen) atoms. The zero-order valence-corrected chi connectivity index (χ0v) is 20.4. The van der Waals surface area contributed by atoms with E-state index < -0.39 is 0 Å². The van der Waals surface area contributed by atoms with Crippen LogP contribution in [0.15, 0.2) is 138 Å². The first-order valence-corrected chi connectivity index (χ1v) is 11.9. The normalized spacial score (nSPS) is 12.2. The number of rotatable bonds is 6. The highest BCUT2D eigenvalue weighted by atomic mass is 15.1. The number of hydrogen-bond donors (Lipinski definition) is 0. The van der Waals surface area contributed by atoms with Crippen LogP contribution in [0.2, 0.25) is 0 Å². The van der Waals surface area contributed by atoms with Gasteiger partial charge < -0.3 is 9.80 Å². The van der Waals surface area contributed by atoms with Crippen LogP contribution in [0.5, 0.6) is 0 Å². The summed E-state index contributed by atoms with van der Waals surface area (Å²) in [5, 5.41) is 0. The summed E-state index contributed by atoms with van der Waals surface area (Å²) >= 11 is 0. The van der Waals surface area contributed by atoms with Crippen molar-refractivity contribution in [3.63, 3.8) is 0 Å². The molecule has 0 saturated carbocycles. The molecule has 170 valence electrons. The lowest BCUT2D eigenvalue weighted by Crippen LogP contribution is -2.18. The van der Waals surface area contributed by atoms with Crippen LogP contribution in [0.25, 0.3) is 11.1 Å². The molecule has 0 bridgehead atoms. The van der Waals surface area contributed by atoms with Crippen molar-refractivity contribution < 1.29 is 0 Å². The Morgan fingerprint density at radius 2 is 1.06 bits per heavy atom. The number of hydrogen-bond acceptors (Lipinski definition) is 2. The van der Waals surface area contributed by atoms with E-state index in [1.807, 2.05) is 6.07 Å². The van der Waals surface area contributed by atoms with E-state index in [9.17, 15) is 0 Å². The number of benzene rings is 4. The first-order valence-electron chi connectivity index (χ1n) is 11.9. The van der Waals surface area contributed by atoms with Gasteiger partial charge in [-0.25, -0.2) is 0 Å². The van der Waals surface area contributed by atoms with Crippen molar-refractivity contribution in [3.8, 4) is 11.1 Å². The van der Waals surface area contributed by atoms with Crippen molar-refractivity contribution in [2.75, 3.05) is 16.8 Å². The van der Waals surface area contributed by atoms with Gasteiger partial charge in [0.2, 0.25) is 0 Å². The molecular weight excluding hydrogens is 424 g/mol. The minimum atomic E-state index is 0.952. The second-order valence-corrected chi connectivity index (χ2v) is 8.84. The maximum atomic E-state index is 3.42. The topological polar surface area (TPSA) is 6.48 Å². The van der Waals surface area contributed by atoms with Crippen LogP contribution in [-0.2, 0) is 0 Å². The molecule has 4 aromatic carbocycles. The van der Waals surface area contributed by atoms with Crippen LogP contribution in [-0.4, -0.2) is 7.05 Å². The molecule has 4 aromatic rings. The van der Waals surface area contributed by atoms with Gasteiger partial charge in [0.15, 0.2) is 0 Å². The molecule has 0 radical (unpaired) electrons. The average Bonchev–Trinajstić information content (AvgIpc) is 2.91. The number of anilines is 3. The molecule has 2 nitrogen and oxygen atoms in total. The van der Waals surface area contributed by atoms with Gasteiger partial charge in [0, 0.05) is 24.1 Å². The molecule has 0 heterocycles. The van der Waals surface area contributed by atoms with Gasteiger partial charge in [-0.3, -0.25) is 0 Å². The Kier molecular flexibility index (Phi) is 6.24. The van der Waals surface area contributed by atoms with Crippen LogP contribution in [0.1, 0.15) is 11.1 Å². The summed E-state index contributed by atoms with van der Waals surface area (Å²) in [6.07, 6.45) is 4.22. The first kappa shape index (κ1) is 22.3. The van der Waals surface area contributed by atoms with Gasteiger partial charge in [0.25, 0.3) is 0 Å². The van der Waals surface area contributed by atoms with Crippen molar-refractivity contribution in [1.82, 2.24) is 0 Å². The summed E-state index contributed by atoms with van der Waals surface area (Å²) in [4.78, 5) is 4.37. The SMILES string of the molecule is Cc1ccc(N(C2=C=C=C(N(C)c3cccc(-c4ccccc4)c3)C=C2)c2ccc(C)cc2)cc1. The third-order valence-corrected chi connectivity index (χ3v) is 6.24. The van der Waals surface area contributed by atoms with Gasteiger partial charge in [-0.05, 0) is 85.0 Å². The van der Waals surface area contributed by atoms with Gasteiger partial charge in [-0.2, -0.15) is 0 Å². The van der Waals surface area contributed by atoms with E-state index in [2.05, 4.69) is 151 Å². The van der Waals surface area contributed by atoms with Crippen molar-refractivity contribution in [2.24, 2.45) is 0 Å². The maximum Gasteiger partial charge on any atom is 0.0975 e. The van der Waals surface area contributed by atoms with E-state index in [1.54, 1.807) is 0 Å². The van der Waals surface area contributed by atoms with Gasteiger partial charge >= 0.3 is 0 Å². The predicted molar refractivity (Wildman–Crippen MR) is 148 cm³/mol. The van der Waals surface area contributed by atoms with E-state index in [0.29, 0.717) is 0 Å². The quantitative estimate of drug-likeness (QED) is 0.271. The highest BCUT2D eigenvalue weighted by Crippen LogP contribution is 2.32. The summed E-state index contributed by atoms with van der Waals surface area (Å²) < 4.78 is 0.